The Morgan fingerprint density at radius 2 is 1.86 bits per heavy atom. The van der Waals surface area contributed by atoms with E-state index in [0.29, 0.717) is 6.42 Å². The van der Waals surface area contributed by atoms with E-state index in [2.05, 4.69) is 0 Å². The molecule has 0 aliphatic heterocycles. The van der Waals surface area contributed by atoms with Crippen LogP contribution in [0.3, 0.4) is 0 Å². The van der Waals surface area contributed by atoms with Crippen molar-refractivity contribution >= 4 is 5.78 Å². The topological polar surface area (TPSA) is 43.1 Å². The van der Waals surface area contributed by atoms with Crippen LogP contribution in [0.1, 0.15) is 33.1 Å². The largest absolute Gasteiger partial charge is 0.389 e. The normalized spacial score (nSPS) is 16.4. The van der Waals surface area contributed by atoms with Crippen LogP contribution in [0, 0.1) is 5.41 Å². The second-order valence-electron chi connectivity index (χ2n) is 3.66. The summed E-state index contributed by atoms with van der Waals surface area (Å²) in [5.74, 6) is -0.403. The van der Waals surface area contributed by atoms with E-state index < -0.39 is 30.2 Å². The number of nitrogens with two attached hydrogens (primary N) is 1. The third-order valence-electron chi connectivity index (χ3n) is 2.54. The fraction of sp³-hybridized carbons (Fsp3) is 0.889. The fourth-order valence-corrected chi connectivity index (χ4v) is 1.01. The summed E-state index contributed by atoms with van der Waals surface area (Å²) in [6.07, 6.45) is -5.31. The van der Waals surface area contributed by atoms with Gasteiger partial charge in [-0.2, -0.15) is 13.2 Å². The van der Waals surface area contributed by atoms with Gasteiger partial charge in [-0.05, 0) is 6.42 Å². The lowest BCUT2D eigenvalue weighted by Crippen LogP contribution is -2.35. The Balaban J connectivity index is 4.20. The minimum atomic E-state index is -4.26. The van der Waals surface area contributed by atoms with Crippen molar-refractivity contribution in [3.63, 3.8) is 0 Å². The number of carbonyl (C=O) groups excluding carboxylic acids is 1. The molecule has 0 rings (SSSR count). The average Bonchev–Trinajstić information content (AvgIpc) is 2.11. The molecule has 0 spiro atoms. The monoisotopic (exact) mass is 211 g/mol. The van der Waals surface area contributed by atoms with Crippen molar-refractivity contribution in [1.29, 1.82) is 0 Å². The first-order valence-electron chi connectivity index (χ1n) is 4.55. The van der Waals surface area contributed by atoms with Gasteiger partial charge in [-0.15, -0.1) is 0 Å². The van der Waals surface area contributed by atoms with Crippen LogP contribution >= 0.6 is 0 Å². The number of carbonyl (C=O) groups is 1. The Morgan fingerprint density at radius 1 is 1.36 bits per heavy atom. The van der Waals surface area contributed by atoms with Crippen molar-refractivity contribution in [2.75, 3.05) is 6.54 Å². The zero-order chi connectivity index (χ0) is 11.4. The molecule has 1 unspecified atom stereocenters. The van der Waals surface area contributed by atoms with Gasteiger partial charge in [-0.3, -0.25) is 4.79 Å². The molecule has 0 radical (unpaired) electrons. The van der Waals surface area contributed by atoms with E-state index in [1.54, 1.807) is 13.8 Å². The summed E-state index contributed by atoms with van der Waals surface area (Å²) in [7, 11) is 0. The smallest absolute Gasteiger partial charge is 0.329 e. The van der Waals surface area contributed by atoms with E-state index in [-0.39, 0.29) is 6.54 Å². The van der Waals surface area contributed by atoms with Gasteiger partial charge in [0.05, 0.1) is 6.42 Å². The number of halogens is 3. The molecule has 2 N–H and O–H groups in total. The molecule has 2 nitrogen and oxygen atoms in total. The standard InChI is InChI=1S/C9H16F3NO/c1-3-8(2,6-13)7(14)4-5-9(10,11)12/h3-6,13H2,1-2H3. The molecule has 0 bridgehead atoms. The van der Waals surface area contributed by atoms with Crippen LogP contribution in [0.4, 0.5) is 13.2 Å². The molecule has 0 aromatic carbocycles. The lowest BCUT2D eigenvalue weighted by molar-refractivity contribution is -0.147. The molecule has 84 valence electrons. The van der Waals surface area contributed by atoms with Gasteiger partial charge >= 0.3 is 6.18 Å². The minimum absolute atomic E-state index is 0.0974. The predicted molar refractivity (Wildman–Crippen MR) is 47.7 cm³/mol. The van der Waals surface area contributed by atoms with E-state index >= 15 is 0 Å². The Bertz CT molecular complexity index is 197. The highest BCUT2D eigenvalue weighted by Gasteiger charge is 2.34. The van der Waals surface area contributed by atoms with Crippen molar-refractivity contribution in [1.82, 2.24) is 0 Å². The molecule has 0 aromatic rings. The molecule has 1 atom stereocenters. The molecular formula is C9H16F3NO. The molecule has 0 aliphatic carbocycles. The third kappa shape index (κ3) is 4.09. The summed E-state index contributed by atoms with van der Waals surface area (Å²) in [6, 6.07) is 0. The molecule has 0 amide bonds. The van der Waals surface area contributed by atoms with Crippen molar-refractivity contribution in [3.05, 3.63) is 0 Å². The summed E-state index contributed by atoms with van der Waals surface area (Å²) < 4.78 is 35.5. The van der Waals surface area contributed by atoms with Gasteiger partial charge in [0.15, 0.2) is 0 Å². The average molecular weight is 211 g/mol. The van der Waals surface area contributed by atoms with E-state index in [1.165, 1.54) is 0 Å². The van der Waals surface area contributed by atoms with Gasteiger partial charge in [0.2, 0.25) is 0 Å². The highest BCUT2D eigenvalue weighted by atomic mass is 19.4. The molecular weight excluding hydrogens is 195 g/mol. The van der Waals surface area contributed by atoms with Gasteiger partial charge in [0, 0.05) is 18.4 Å². The first kappa shape index (κ1) is 13.4. The van der Waals surface area contributed by atoms with Crippen LogP contribution < -0.4 is 5.73 Å². The molecule has 0 fully saturated rings. The van der Waals surface area contributed by atoms with Crippen molar-refractivity contribution in [3.8, 4) is 0 Å². The Kier molecular flexibility index (Phi) is 4.58. The third-order valence-corrected chi connectivity index (χ3v) is 2.54. The maximum atomic E-state index is 11.8. The summed E-state index contributed by atoms with van der Waals surface area (Å²) >= 11 is 0. The van der Waals surface area contributed by atoms with Crippen molar-refractivity contribution in [2.45, 2.75) is 39.3 Å². The number of alkyl halides is 3. The van der Waals surface area contributed by atoms with Crippen molar-refractivity contribution in [2.24, 2.45) is 11.1 Å². The number of hydrogen-bond acceptors (Lipinski definition) is 2. The molecule has 0 heterocycles. The fourth-order valence-electron chi connectivity index (χ4n) is 1.01. The number of rotatable bonds is 5. The van der Waals surface area contributed by atoms with Gasteiger partial charge in [0.1, 0.15) is 5.78 Å². The summed E-state index contributed by atoms with van der Waals surface area (Å²) in [5, 5.41) is 0. The van der Waals surface area contributed by atoms with Gasteiger partial charge in [-0.25, -0.2) is 0 Å². The van der Waals surface area contributed by atoms with Crippen LogP contribution in [0.25, 0.3) is 0 Å². The first-order chi connectivity index (χ1) is 6.25. The Hall–Kier alpha value is -0.580. The molecule has 14 heavy (non-hydrogen) atoms. The van der Waals surface area contributed by atoms with Crippen molar-refractivity contribution < 1.29 is 18.0 Å². The lowest BCUT2D eigenvalue weighted by Gasteiger charge is -2.24. The maximum absolute atomic E-state index is 11.8. The van der Waals surface area contributed by atoms with Gasteiger partial charge in [-0.1, -0.05) is 13.8 Å². The molecule has 0 aromatic heterocycles. The molecule has 0 saturated carbocycles. The zero-order valence-electron chi connectivity index (χ0n) is 8.45. The molecule has 5 heteroatoms. The quantitative estimate of drug-likeness (QED) is 0.758. The number of Topliss-reactive ketones (excluding diaryl/α,β-unsaturated/α-hetero) is 1. The SMILES string of the molecule is CCC(C)(CN)C(=O)CCC(F)(F)F. The van der Waals surface area contributed by atoms with Crippen LogP contribution in [0.5, 0.6) is 0 Å². The maximum Gasteiger partial charge on any atom is 0.389 e. The molecule has 0 aliphatic rings. The van der Waals surface area contributed by atoms with E-state index in [4.69, 9.17) is 5.73 Å². The molecule has 0 saturated heterocycles. The Labute approximate surface area is 81.7 Å². The van der Waals surface area contributed by atoms with E-state index in [9.17, 15) is 18.0 Å². The number of ketones is 1. The van der Waals surface area contributed by atoms with Crippen LogP contribution in [0.15, 0.2) is 0 Å². The van der Waals surface area contributed by atoms with E-state index in [0.717, 1.165) is 0 Å². The zero-order valence-corrected chi connectivity index (χ0v) is 8.45. The summed E-state index contributed by atoms with van der Waals surface area (Å²) in [6.45, 7) is 3.45. The number of hydrogen-bond donors (Lipinski definition) is 1. The van der Waals surface area contributed by atoms with Gasteiger partial charge in [0.25, 0.3) is 0 Å². The highest BCUT2D eigenvalue weighted by Crippen LogP contribution is 2.27. The van der Waals surface area contributed by atoms with E-state index in [1.807, 2.05) is 0 Å². The van der Waals surface area contributed by atoms with Crippen LogP contribution in [-0.2, 0) is 4.79 Å². The Morgan fingerprint density at radius 3 is 2.14 bits per heavy atom. The summed E-state index contributed by atoms with van der Waals surface area (Å²) in [4.78, 5) is 11.4. The highest BCUT2D eigenvalue weighted by molar-refractivity contribution is 5.84. The summed E-state index contributed by atoms with van der Waals surface area (Å²) in [5.41, 5.74) is 4.56. The second kappa shape index (κ2) is 4.77. The second-order valence-corrected chi connectivity index (χ2v) is 3.66. The first-order valence-corrected chi connectivity index (χ1v) is 4.55. The van der Waals surface area contributed by atoms with Gasteiger partial charge < -0.3 is 5.73 Å². The van der Waals surface area contributed by atoms with Crippen LogP contribution in [-0.4, -0.2) is 18.5 Å². The van der Waals surface area contributed by atoms with Crippen LogP contribution in [0.2, 0.25) is 0 Å². The lowest BCUT2D eigenvalue weighted by atomic mass is 9.81. The minimum Gasteiger partial charge on any atom is -0.329 e. The predicted octanol–water partition coefficient (Wildman–Crippen LogP) is 2.27.